The van der Waals surface area contributed by atoms with E-state index in [1.165, 1.54) is 0 Å². The van der Waals surface area contributed by atoms with Crippen molar-refractivity contribution < 1.29 is 0 Å². The van der Waals surface area contributed by atoms with E-state index < -0.39 is 0 Å². The van der Waals surface area contributed by atoms with E-state index in [0.29, 0.717) is 23.2 Å². The maximum absolute atomic E-state index is 5.75. The normalized spacial score (nSPS) is 10.2. The van der Waals surface area contributed by atoms with E-state index in [1.807, 2.05) is 6.07 Å². The van der Waals surface area contributed by atoms with Crippen LogP contribution in [0.2, 0.25) is 5.15 Å². The van der Waals surface area contributed by atoms with Crippen molar-refractivity contribution in [1.29, 1.82) is 0 Å². The van der Waals surface area contributed by atoms with E-state index >= 15 is 0 Å². The molecule has 0 saturated heterocycles. The molecule has 2 rings (SSSR count). The van der Waals surface area contributed by atoms with Crippen LogP contribution in [0.3, 0.4) is 0 Å². The SMILES string of the molecule is Nc1ccc(Cl)nc1NCc1ccn[nH]1. The van der Waals surface area contributed by atoms with Gasteiger partial charge in [-0.05, 0) is 18.2 Å². The molecule has 5 nitrogen and oxygen atoms in total. The largest absolute Gasteiger partial charge is 0.396 e. The summed E-state index contributed by atoms with van der Waals surface area (Å²) in [7, 11) is 0. The van der Waals surface area contributed by atoms with Crippen molar-refractivity contribution >= 4 is 23.1 Å². The molecule has 0 spiro atoms. The lowest BCUT2D eigenvalue weighted by Crippen LogP contribution is -2.04. The average molecular weight is 224 g/mol. The third-order valence-corrected chi connectivity index (χ3v) is 2.11. The number of nitrogen functional groups attached to an aromatic ring is 1. The zero-order valence-electron chi connectivity index (χ0n) is 7.87. The summed E-state index contributed by atoms with van der Waals surface area (Å²) in [6.07, 6.45) is 1.69. The Kier molecular flexibility index (Phi) is 2.73. The average Bonchev–Trinajstić information content (AvgIpc) is 2.72. The van der Waals surface area contributed by atoms with Crippen LogP contribution in [0.1, 0.15) is 5.69 Å². The smallest absolute Gasteiger partial charge is 0.151 e. The van der Waals surface area contributed by atoms with Gasteiger partial charge in [0.05, 0.1) is 17.9 Å². The fraction of sp³-hybridized carbons (Fsp3) is 0.111. The standard InChI is InChI=1S/C9H10ClN5/c10-8-2-1-7(11)9(14-8)12-5-6-3-4-13-15-6/h1-4H,5,11H2,(H,12,14)(H,13,15). The van der Waals surface area contributed by atoms with Crippen LogP contribution < -0.4 is 11.1 Å². The molecule has 0 aliphatic rings. The van der Waals surface area contributed by atoms with Crippen LogP contribution in [0, 0.1) is 0 Å². The molecule has 0 aliphatic heterocycles. The van der Waals surface area contributed by atoms with Gasteiger partial charge >= 0.3 is 0 Å². The first kappa shape index (κ1) is 9.79. The molecule has 0 atom stereocenters. The maximum atomic E-state index is 5.75. The number of nitrogens with two attached hydrogens (primary N) is 1. The fourth-order valence-electron chi connectivity index (χ4n) is 1.15. The Morgan fingerprint density at radius 1 is 1.40 bits per heavy atom. The quantitative estimate of drug-likeness (QED) is 0.692. The molecule has 6 heteroatoms. The van der Waals surface area contributed by atoms with E-state index in [9.17, 15) is 0 Å². The summed E-state index contributed by atoms with van der Waals surface area (Å²) in [5.74, 6) is 0.581. The highest BCUT2D eigenvalue weighted by Crippen LogP contribution is 2.18. The number of nitrogens with zero attached hydrogens (tertiary/aromatic N) is 2. The molecule has 2 aromatic rings. The minimum Gasteiger partial charge on any atom is -0.396 e. The summed E-state index contributed by atoms with van der Waals surface area (Å²) < 4.78 is 0. The first-order valence-electron chi connectivity index (χ1n) is 4.40. The van der Waals surface area contributed by atoms with Gasteiger partial charge in [0.15, 0.2) is 5.82 Å². The molecule has 0 radical (unpaired) electrons. The van der Waals surface area contributed by atoms with Crippen molar-refractivity contribution in [2.75, 3.05) is 11.1 Å². The first-order valence-corrected chi connectivity index (χ1v) is 4.77. The number of hydrogen-bond acceptors (Lipinski definition) is 4. The molecular weight excluding hydrogens is 214 g/mol. The molecule has 0 saturated carbocycles. The number of halogens is 1. The van der Waals surface area contributed by atoms with E-state index in [1.54, 1.807) is 18.3 Å². The molecule has 2 heterocycles. The number of anilines is 2. The van der Waals surface area contributed by atoms with Crippen LogP contribution in [0.25, 0.3) is 0 Å². The molecule has 0 aromatic carbocycles. The lowest BCUT2D eigenvalue weighted by atomic mass is 10.3. The van der Waals surface area contributed by atoms with Crippen molar-refractivity contribution in [2.24, 2.45) is 0 Å². The van der Waals surface area contributed by atoms with Crippen molar-refractivity contribution in [3.05, 3.63) is 35.2 Å². The number of nitrogens with one attached hydrogen (secondary N) is 2. The van der Waals surface area contributed by atoms with Crippen molar-refractivity contribution in [3.63, 3.8) is 0 Å². The highest BCUT2D eigenvalue weighted by atomic mass is 35.5. The van der Waals surface area contributed by atoms with Crippen molar-refractivity contribution in [1.82, 2.24) is 15.2 Å². The fourth-order valence-corrected chi connectivity index (χ4v) is 1.30. The van der Waals surface area contributed by atoms with Gasteiger partial charge in [-0.3, -0.25) is 5.10 Å². The van der Waals surface area contributed by atoms with Gasteiger partial charge in [0, 0.05) is 6.20 Å². The summed E-state index contributed by atoms with van der Waals surface area (Å²) in [6.45, 7) is 0.581. The molecular formula is C9H10ClN5. The molecule has 0 bridgehead atoms. The van der Waals surface area contributed by atoms with E-state index in [0.717, 1.165) is 5.69 Å². The van der Waals surface area contributed by atoms with E-state index in [-0.39, 0.29) is 0 Å². The Morgan fingerprint density at radius 3 is 3.00 bits per heavy atom. The summed E-state index contributed by atoms with van der Waals surface area (Å²) in [5, 5.41) is 10.1. The van der Waals surface area contributed by atoms with Crippen molar-refractivity contribution in [2.45, 2.75) is 6.54 Å². The number of H-pyrrole nitrogens is 1. The molecule has 15 heavy (non-hydrogen) atoms. The number of pyridine rings is 1. The Hall–Kier alpha value is -1.75. The lowest BCUT2D eigenvalue weighted by Gasteiger charge is -2.06. The molecule has 0 fully saturated rings. The second-order valence-electron chi connectivity index (χ2n) is 3.01. The molecule has 78 valence electrons. The van der Waals surface area contributed by atoms with Gasteiger partial charge in [0.25, 0.3) is 0 Å². The van der Waals surface area contributed by atoms with Gasteiger partial charge in [0.1, 0.15) is 5.15 Å². The number of hydrogen-bond donors (Lipinski definition) is 3. The minimum atomic E-state index is 0.413. The first-order chi connectivity index (χ1) is 7.25. The zero-order valence-corrected chi connectivity index (χ0v) is 8.62. The minimum absolute atomic E-state index is 0.413. The summed E-state index contributed by atoms with van der Waals surface area (Å²) in [6, 6.07) is 5.23. The zero-order chi connectivity index (χ0) is 10.7. The molecule has 0 unspecified atom stereocenters. The van der Waals surface area contributed by atoms with Crippen LogP contribution in [0.5, 0.6) is 0 Å². The summed E-state index contributed by atoms with van der Waals surface area (Å²) in [4.78, 5) is 4.07. The number of aromatic nitrogens is 3. The van der Waals surface area contributed by atoms with Gasteiger partial charge < -0.3 is 11.1 Å². The third-order valence-electron chi connectivity index (χ3n) is 1.90. The van der Waals surface area contributed by atoms with Crippen LogP contribution in [-0.4, -0.2) is 15.2 Å². The highest BCUT2D eigenvalue weighted by molar-refractivity contribution is 6.29. The van der Waals surface area contributed by atoms with Gasteiger partial charge in [-0.25, -0.2) is 4.98 Å². The van der Waals surface area contributed by atoms with Crippen molar-refractivity contribution in [3.8, 4) is 0 Å². The van der Waals surface area contributed by atoms with Gasteiger partial charge in [-0.1, -0.05) is 11.6 Å². The molecule has 0 aliphatic carbocycles. The second kappa shape index (κ2) is 4.18. The summed E-state index contributed by atoms with van der Waals surface area (Å²) in [5.41, 5.74) is 7.24. The topological polar surface area (TPSA) is 79.6 Å². The van der Waals surface area contributed by atoms with Gasteiger partial charge in [-0.15, -0.1) is 0 Å². The predicted octanol–water partition coefficient (Wildman–Crippen LogP) is 1.65. The lowest BCUT2D eigenvalue weighted by molar-refractivity contribution is 0.975. The van der Waals surface area contributed by atoms with E-state index in [4.69, 9.17) is 17.3 Å². The highest BCUT2D eigenvalue weighted by Gasteiger charge is 2.01. The Labute approximate surface area is 91.7 Å². The van der Waals surface area contributed by atoms with Gasteiger partial charge in [-0.2, -0.15) is 5.10 Å². The van der Waals surface area contributed by atoms with E-state index in [2.05, 4.69) is 20.5 Å². The Morgan fingerprint density at radius 2 is 2.27 bits per heavy atom. The van der Waals surface area contributed by atoms with Crippen LogP contribution in [0.4, 0.5) is 11.5 Å². The molecule has 0 amide bonds. The van der Waals surface area contributed by atoms with Gasteiger partial charge in [0.2, 0.25) is 0 Å². The predicted molar refractivity (Wildman–Crippen MR) is 59.6 cm³/mol. The third kappa shape index (κ3) is 2.38. The maximum Gasteiger partial charge on any atom is 0.151 e. The Balaban J connectivity index is 2.07. The Bertz CT molecular complexity index is 440. The second-order valence-corrected chi connectivity index (χ2v) is 3.39. The monoisotopic (exact) mass is 223 g/mol. The summed E-state index contributed by atoms with van der Waals surface area (Å²) >= 11 is 5.75. The molecule has 4 N–H and O–H groups in total. The van der Waals surface area contributed by atoms with Crippen LogP contribution in [-0.2, 0) is 6.54 Å². The molecule has 2 aromatic heterocycles. The number of rotatable bonds is 3. The van der Waals surface area contributed by atoms with Crippen LogP contribution >= 0.6 is 11.6 Å². The van der Waals surface area contributed by atoms with Crippen LogP contribution in [0.15, 0.2) is 24.4 Å². The number of aromatic amines is 1.